The predicted molar refractivity (Wildman–Crippen MR) is 141 cm³/mol. The van der Waals surface area contributed by atoms with Crippen molar-refractivity contribution in [2.75, 3.05) is 18.0 Å². The molecule has 3 N–H and O–H groups in total. The molecule has 0 atom stereocenters. The van der Waals surface area contributed by atoms with Crippen LogP contribution in [-0.4, -0.2) is 30.9 Å². The molecule has 186 valence electrons. The van der Waals surface area contributed by atoms with E-state index < -0.39 is 6.03 Å². The van der Waals surface area contributed by atoms with E-state index in [9.17, 15) is 14.4 Å². The van der Waals surface area contributed by atoms with Gasteiger partial charge in [0.25, 0.3) is 5.91 Å². The second-order valence-electron chi connectivity index (χ2n) is 8.98. The fourth-order valence-corrected chi connectivity index (χ4v) is 4.34. The van der Waals surface area contributed by atoms with Crippen molar-refractivity contribution in [2.45, 2.75) is 39.3 Å². The summed E-state index contributed by atoms with van der Waals surface area (Å²) >= 11 is 0. The molecule has 7 heteroatoms. The van der Waals surface area contributed by atoms with Gasteiger partial charge in [-0.3, -0.25) is 9.59 Å². The number of carbonyl (C=O) groups is 3. The van der Waals surface area contributed by atoms with Crippen LogP contribution in [-0.2, 0) is 24.3 Å². The molecule has 0 saturated carbocycles. The first-order valence-corrected chi connectivity index (χ1v) is 12.3. The number of aryl methyl sites for hydroxylation is 2. The van der Waals surface area contributed by atoms with Crippen LogP contribution in [0.3, 0.4) is 0 Å². The van der Waals surface area contributed by atoms with Crippen LogP contribution >= 0.6 is 0 Å². The third kappa shape index (κ3) is 6.50. The predicted octanol–water partition coefficient (Wildman–Crippen LogP) is 4.09. The van der Waals surface area contributed by atoms with Crippen LogP contribution in [0.2, 0.25) is 0 Å². The van der Waals surface area contributed by atoms with E-state index in [1.807, 2.05) is 78.6 Å². The zero-order valence-electron chi connectivity index (χ0n) is 20.5. The standard InChI is InChI=1S/C29H32N4O3/c1-21-17-24(28(35)33-16-8-7-12-23-11-5-6-13-26(23)33)14-15-25(21)19-31-29(36)32-20-27(34)30-18-22-9-3-2-4-10-22/h2-6,9-11,13-15,17H,7-8,12,16,18-20H2,1H3,(H,30,34)(H2,31,32,36). The number of rotatable bonds is 7. The van der Waals surface area contributed by atoms with Crippen LogP contribution in [0.15, 0.2) is 72.8 Å². The van der Waals surface area contributed by atoms with E-state index in [-0.39, 0.29) is 18.4 Å². The second kappa shape index (κ2) is 12.0. The molecule has 36 heavy (non-hydrogen) atoms. The van der Waals surface area contributed by atoms with Gasteiger partial charge in [0.2, 0.25) is 5.91 Å². The first kappa shape index (κ1) is 25.0. The maximum Gasteiger partial charge on any atom is 0.315 e. The lowest BCUT2D eigenvalue weighted by Gasteiger charge is -2.23. The minimum atomic E-state index is -0.425. The van der Waals surface area contributed by atoms with Crippen molar-refractivity contribution in [3.63, 3.8) is 0 Å². The lowest BCUT2D eigenvalue weighted by molar-refractivity contribution is -0.120. The molecule has 0 aliphatic carbocycles. The summed E-state index contributed by atoms with van der Waals surface area (Å²) in [6.07, 6.45) is 3.03. The van der Waals surface area contributed by atoms with Crippen molar-refractivity contribution < 1.29 is 14.4 Å². The first-order chi connectivity index (χ1) is 17.5. The molecule has 7 nitrogen and oxygen atoms in total. The molecule has 4 amide bonds. The smallest absolute Gasteiger partial charge is 0.315 e. The number of nitrogens with one attached hydrogen (secondary N) is 3. The van der Waals surface area contributed by atoms with E-state index in [1.54, 1.807) is 0 Å². The Kier molecular flexibility index (Phi) is 8.34. The number of carbonyl (C=O) groups excluding carboxylic acids is 3. The Morgan fingerprint density at radius 3 is 2.42 bits per heavy atom. The molecule has 0 spiro atoms. The van der Waals surface area contributed by atoms with Crippen molar-refractivity contribution in [1.29, 1.82) is 0 Å². The Bertz CT molecular complexity index is 1230. The number of benzene rings is 3. The average molecular weight is 485 g/mol. The molecular weight excluding hydrogens is 452 g/mol. The van der Waals surface area contributed by atoms with Gasteiger partial charge < -0.3 is 20.9 Å². The topological polar surface area (TPSA) is 90.5 Å². The fraction of sp³-hybridized carbons (Fsp3) is 0.276. The minimum absolute atomic E-state index is 0.00813. The SMILES string of the molecule is Cc1cc(C(=O)N2CCCCc3ccccc32)ccc1CNC(=O)NCC(=O)NCc1ccccc1. The van der Waals surface area contributed by atoms with Crippen molar-refractivity contribution in [2.24, 2.45) is 0 Å². The van der Waals surface area contributed by atoms with Gasteiger partial charge in [-0.15, -0.1) is 0 Å². The lowest BCUT2D eigenvalue weighted by Crippen LogP contribution is -2.41. The molecular formula is C29H32N4O3. The molecule has 3 aromatic carbocycles. The number of anilines is 1. The summed E-state index contributed by atoms with van der Waals surface area (Å²) in [5.41, 5.74) is 5.66. The van der Waals surface area contributed by atoms with Crippen LogP contribution in [0.4, 0.5) is 10.5 Å². The maximum atomic E-state index is 13.3. The minimum Gasteiger partial charge on any atom is -0.350 e. The van der Waals surface area contributed by atoms with E-state index in [0.717, 1.165) is 41.6 Å². The zero-order valence-corrected chi connectivity index (χ0v) is 20.5. The summed E-state index contributed by atoms with van der Waals surface area (Å²) in [4.78, 5) is 39.4. The number of para-hydroxylation sites is 1. The lowest BCUT2D eigenvalue weighted by atomic mass is 10.0. The van der Waals surface area contributed by atoms with Gasteiger partial charge >= 0.3 is 6.03 Å². The van der Waals surface area contributed by atoms with Crippen LogP contribution in [0.5, 0.6) is 0 Å². The number of hydrogen-bond donors (Lipinski definition) is 3. The van der Waals surface area contributed by atoms with Crippen molar-refractivity contribution in [3.8, 4) is 0 Å². The summed E-state index contributed by atoms with van der Waals surface area (Å²) in [6.45, 7) is 3.24. The summed E-state index contributed by atoms with van der Waals surface area (Å²) in [5, 5.41) is 8.12. The molecule has 0 aromatic heterocycles. The van der Waals surface area contributed by atoms with Gasteiger partial charge in [-0.25, -0.2) is 4.79 Å². The van der Waals surface area contributed by atoms with Crippen LogP contribution in [0, 0.1) is 6.92 Å². The van der Waals surface area contributed by atoms with Gasteiger partial charge in [-0.2, -0.15) is 0 Å². The molecule has 0 unspecified atom stereocenters. The average Bonchev–Trinajstić information content (AvgIpc) is 3.13. The Labute approximate surface area is 211 Å². The highest BCUT2D eigenvalue weighted by atomic mass is 16.2. The molecule has 0 fully saturated rings. The third-order valence-electron chi connectivity index (χ3n) is 6.38. The van der Waals surface area contributed by atoms with Gasteiger partial charge in [-0.1, -0.05) is 54.6 Å². The van der Waals surface area contributed by atoms with Gasteiger partial charge in [0.05, 0.1) is 6.54 Å². The molecule has 0 saturated heterocycles. The van der Waals surface area contributed by atoms with E-state index in [1.165, 1.54) is 5.56 Å². The number of nitrogens with zero attached hydrogens (tertiary/aromatic N) is 1. The molecule has 0 radical (unpaired) electrons. The summed E-state index contributed by atoms with van der Waals surface area (Å²) in [6, 6.07) is 22.8. The second-order valence-corrected chi connectivity index (χ2v) is 8.98. The van der Waals surface area contributed by atoms with Crippen molar-refractivity contribution in [3.05, 3.63) is 101 Å². The highest BCUT2D eigenvalue weighted by Gasteiger charge is 2.22. The van der Waals surface area contributed by atoms with E-state index >= 15 is 0 Å². The van der Waals surface area contributed by atoms with E-state index in [2.05, 4.69) is 22.0 Å². The number of fused-ring (bicyclic) bond motifs is 1. The number of amides is 4. The number of urea groups is 1. The van der Waals surface area contributed by atoms with Crippen LogP contribution in [0.25, 0.3) is 0 Å². The Morgan fingerprint density at radius 2 is 1.61 bits per heavy atom. The zero-order chi connectivity index (χ0) is 25.3. The van der Waals surface area contributed by atoms with Crippen LogP contribution < -0.4 is 20.9 Å². The largest absolute Gasteiger partial charge is 0.350 e. The Hall–Kier alpha value is -4.13. The van der Waals surface area contributed by atoms with Gasteiger partial charge in [-0.05, 0) is 66.6 Å². The highest BCUT2D eigenvalue weighted by molar-refractivity contribution is 6.06. The third-order valence-corrected chi connectivity index (χ3v) is 6.38. The number of hydrogen-bond acceptors (Lipinski definition) is 3. The molecule has 4 rings (SSSR count). The Balaban J connectivity index is 1.28. The summed E-state index contributed by atoms with van der Waals surface area (Å²) in [5.74, 6) is -0.269. The summed E-state index contributed by atoms with van der Waals surface area (Å²) in [7, 11) is 0. The van der Waals surface area contributed by atoms with Crippen molar-refractivity contribution >= 4 is 23.5 Å². The van der Waals surface area contributed by atoms with E-state index in [0.29, 0.717) is 25.2 Å². The monoisotopic (exact) mass is 484 g/mol. The quantitative estimate of drug-likeness (QED) is 0.472. The van der Waals surface area contributed by atoms with E-state index in [4.69, 9.17) is 0 Å². The molecule has 1 aliphatic rings. The highest BCUT2D eigenvalue weighted by Crippen LogP contribution is 2.28. The van der Waals surface area contributed by atoms with Crippen LogP contribution in [0.1, 0.15) is 45.5 Å². The molecule has 1 heterocycles. The van der Waals surface area contributed by atoms with Gasteiger partial charge in [0, 0.05) is 30.9 Å². The Morgan fingerprint density at radius 1 is 0.833 bits per heavy atom. The molecule has 0 bridgehead atoms. The normalized spacial score (nSPS) is 12.8. The first-order valence-electron chi connectivity index (χ1n) is 12.3. The molecule has 1 aliphatic heterocycles. The van der Waals surface area contributed by atoms with Gasteiger partial charge in [0.15, 0.2) is 0 Å². The van der Waals surface area contributed by atoms with Crippen molar-refractivity contribution in [1.82, 2.24) is 16.0 Å². The maximum absolute atomic E-state index is 13.3. The van der Waals surface area contributed by atoms with Gasteiger partial charge in [0.1, 0.15) is 0 Å². The summed E-state index contributed by atoms with van der Waals surface area (Å²) < 4.78 is 0. The fourth-order valence-electron chi connectivity index (χ4n) is 4.34. The molecule has 3 aromatic rings.